The first-order valence-electron chi connectivity index (χ1n) is 2.62. The SMILES string of the molecule is CC/C=C/CC(=O)[O-].[Na+]. The van der Waals surface area contributed by atoms with Gasteiger partial charge in [-0.15, -0.1) is 0 Å². The average molecular weight is 136 g/mol. The standard InChI is InChI=1S/C6H10O2.Na/c1-2-3-4-5-6(7)8;/h3-4H,2,5H2,1H3,(H,7,8);/q;+1/p-1/b4-3+;. The van der Waals surface area contributed by atoms with Gasteiger partial charge >= 0.3 is 29.6 Å². The van der Waals surface area contributed by atoms with Gasteiger partial charge in [-0.1, -0.05) is 19.1 Å². The Morgan fingerprint density at radius 3 is 2.44 bits per heavy atom. The van der Waals surface area contributed by atoms with Gasteiger partial charge in [-0.3, -0.25) is 0 Å². The number of hydrogen-bond donors (Lipinski definition) is 0. The van der Waals surface area contributed by atoms with Gasteiger partial charge in [0.15, 0.2) is 0 Å². The van der Waals surface area contributed by atoms with E-state index in [4.69, 9.17) is 0 Å². The molecule has 0 radical (unpaired) electrons. The maximum Gasteiger partial charge on any atom is 1.00 e. The summed E-state index contributed by atoms with van der Waals surface area (Å²) in [6.07, 6.45) is 4.31. The third kappa shape index (κ3) is 11.7. The summed E-state index contributed by atoms with van der Waals surface area (Å²) in [4.78, 5) is 9.71. The van der Waals surface area contributed by atoms with Crippen molar-refractivity contribution in [2.75, 3.05) is 0 Å². The van der Waals surface area contributed by atoms with Crippen molar-refractivity contribution in [1.29, 1.82) is 0 Å². The predicted octanol–water partition coefficient (Wildman–Crippen LogP) is -2.90. The summed E-state index contributed by atoms with van der Waals surface area (Å²) >= 11 is 0. The van der Waals surface area contributed by atoms with E-state index in [1.807, 2.05) is 6.92 Å². The topological polar surface area (TPSA) is 40.1 Å². The van der Waals surface area contributed by atoms with E-state index in [0.717, 1.165) is 6.42 Å². The molecule has 0 aromatic heterocycles. The molecule has 0 fully saturated rings. The molecule has 46 valence electrons. The van der Waals surface area contributed by atoms with Crippen LogP contribution in [0, 0.1) is 0 Å². The van der Waals surface area contributed by atoms with Crippen LogP contribution in [0.2, 0.25) is 0 Å². The molecule has 0 bridgehead atoms. The van der Waals surface area contributed by atoms with Crippen molar-refractivity contribution in [3.05, 3.63) is 12.2 Å². The van der Waals surface area contributed by atoms with Crippen molar-refractivity contribution in [2.45, 2.75) is 19.8 Å². The van der Waals surface area contributed by atoms with Crippen LogP contribution in [0.25, 0.3) is 0 Å². The predicted molar refractivity (Wildman–Crippen MR) is 29.1 cm³/mol. The summed E-state index contributed by atoms with van der Waals surface area (Å²) in [7, 11) is 0. The Morgan fingerprint density at radius 2 is 2.11 bits per heavy atom. The molecule has 0 unspecified atom stereocenters. The number of carbonyl (C=O) groups is 1. The average Bonchev–Trinajstić information content (AvgIpc) is 1.66. The van der Waals surface area contributed by atoms with Crippen molar-refractivity contribution in [3.63, 3.8) is 0 Å². The first-order valence-corrected chi connectivity index (χ1v) is 2.62. The summed E-state index contributed by atoms with van der Waals surface area (Å²) in [5.41, 5.74) is 0. The number of allylic oxidation sites excluding steroid dienone is 1. The Labute approximate surface area is 77.2 Å². The zero-order valence-electron chi connectivity index (χ0n) is 5.89. The fourth-order valence-corrected chi connectivity index (χ4v) is 0.346. The second kappa shape index (κ2) is 8.21. The fraction of sp³-hybridized carbons (Fsp3) is 0.500. The fourth-order valence-electron chi connectivity index (χ4n) is 0.346. The van der Waals surface area contributed by atoms with Crippen molar-refractivity contribution in [1.82, 2.24) is 0 Å². The van der Waals surface area contributed by atoms with Gasteiger partial charge in [-0.2, -0.15) is 0 Å². The van der Waals surface area contributed by atoms with Crippen LogP contribution < -0.4 is 34.7 Å². The van der Waals surface area contributed by atoms with Crippen LogP contribution in [0.3, 0.4) is 0 Å². The van der Waals surface area contributed by atoms with Gasteiger partial charge in [0, 0.05) is 12.4 Å². The van der Waals surface area contributed by atoms with Crippen molar-refractivity contribution in [3.8, 4) is 0 Å². The minimum Gasteiger partial charge on any atom is -0.550 e. The second-order valence-electron chi connectivity index (χ2n) is 1.46. The molecule has 0 spiro atoms. The number of rotatable bonds is 3. The van der Waals surface area contributed by atoms with Gasteiger partial charge in [-0.05, 0) is 6.42 Å². The Morgan fingerprint density at radius 1 is 1.56 bits per heavy atom. The molecular formula is C6H9NaO2. The molecule has 2 nitrogen and oxygen atoms in total. The third-order valence-corrected chi connectivity index (χ3v) is 0.687. The maximum atomic E-state index is 9.71. The molecule has 0 amide bonds. The quantitative estimate of drug-likeness (QED) is 0.308. The molecule has 0 aliphatic carbocycles. The van der Waals surface area contributed by atoms with Gasteiger partial charge in [-0.25, -0.2) is 0 Å². The number of carboxylic acid groups (broad SMARTS) is 1. The molecule has 0 aliphatic heterocycles. The largest absolute Gasteiger partial charge is 1.00 e. The summed E-state index contributed by atoms with van der Waals surface area (Å²) in [6.45, 7) is 1.95. The van der Waals surface area contributed by atoms with E-state index in [9.17, 15) is 9.90 Å². The van der Waals surface area contributed by atoms with E-state index < -0.39 is 5.97 Å². The number of carboxylic acids is 1. The molecule has 0 aromatic rings. The third-order valence-electron chi connectivity index (χ3n) is 0.687. The van der Waals surface area contributed by atoms with E-state index in [2.05, 4.69) is 0 Å². The number of hydrogen-bond acceptors (Lipinski definition) is 2. The zero-order valence-corrected chi connectivity index (χ0v) is 7.89. The second-order valence-corrected chi connectivity index (χ2v) is 1.46. The van der Waals surface area contributed by atoms with Gasteiger partial charge in [0.05, 0.1) is 0 Å². The first kappa shape index (κ1) is 11.9. The van der Waals surface area contributed by atoms with Crippen molar-refractivity contribution >= 4 is 5.97 Å². The molecular weight excluding hydrogens is 127 g/mol. The van der Waals surface area contributed by atoms with Crippen molar-refractivity contribution < 1.29 is 39.5 Å². The minimum atomic E-state index is -1.02. The van der Waals surface area contributed by atoms with E-state index in [1.54, 1.807) is 12.2 Å². The molecule has 0 saturated carbocycles. The summed E-state index contributed by atoms with van der Waals surface area (Å²) < 4.78 is 0. The zero-order chi connectivity index (χ0) is 6.41. The summed E-state index contributed by atoms with van der Waals surface area (Å²) in [5, 5.41) is 9.71. The first-order chi connectivity index (χ1) is 3.77. The van der Waals surface area contributed by atoms with Crippen LogP contribution in [0.1, 0.15) is 19.8 Å². The number of carbonyl (C=O) groups excluding carboxylic acids is 1. The minimum absolute atomic E-state index is 0. The van der Waals surface area contributed by atoms with E-state index in [1.165, 1.54) is 0 Å². The Hall–Kier alpha value is 0.210. The van der Waals surface area contributed by atoms with E-state index >= 15 is 0 Å². The molecule has 0 aromatic carbocycles. The summed E-state index contributed by atoms with van der Waals surface area (Å²) in [5.74, 6) is -1.02. The molecule has 0 heterocycles. The molecule has 0 N–H and O–H groups in total. The molecule has 0 saturated heterocycles. The Bertz CT molecular complexity index is 99.2. The van der Waals surface area contributed by atoms with Crippen LogP contribution in [0.15, 0.2) is 12.2 Å². The Balaban J connectivity index is 0. The Kier molecular flexibility index (Phi) is 10.9. The van der Waals surface area contributed by atoms with Gasteiger partial charge < -0.3 is 9.90 Å². The molecule has 9 heavy (non-hydrogen) atoms. The van der Waals surface area contributed by atoms with E-state index in [0.29, 0.717) is 0 Å². The normalized spacial score (nSPS) is 9.00. The van der Waals surface area contributed by atoms with Crippen LogP contribution in [-0.2, 0) is 4.79 Å². The smallest absolute Gasteiger partial charge is 0.550 e. The molecule has 3 heteroatoms. The van der Waals surface area contributed by atoms with Crippen LogP contribution in [-0.4, -0.2) is 5.97 Å². The maximum absolute atomic E-state index is 9.71. The van der Waals surface area contributed by atoms with Gasteiger partial charge in [0.25, 0.3) is 0 Å². The number of aliphatic carboxylic acids is 1. The van der Waals surface area contributed by atoms with Gasteiger partial charge in [0.2, 0.25) is 0 Å². The summed E-state index contributed by atoms with van der Waals surface area (Å²) in [6, 6.07) is 0. The molecule has 0 rings (SSSR count). The van der Waals surface area contributed by atoms with Crippen LogP contribution >= 0.6 is 0 Å². The monoisotopic (exact) mass is 136 g/mol. The molecule has 0 atom stereocenters. The van der Waals surface area contributed by atoms with Crippen LogP contribution in [0.5, 0.6) is 0 Å². The van der Waals surface area contributed by atoms with Crippen molar-refractivity contribution in [2.24, 2.45) is 0 Å². The molecule has 0 aliphatic rings. The van der Waals surface area contributed by atoms with Crippen LogP contribution in [0.4, 0.5) is 0 Å². The van der Waals surface area contributed by atoms with E-state index in [-0.39, 0.29) is 36.0 Å². The van der Waals surface area contributed by atoms with Gasteiger partial charge in [0.1, 0.15) is 0 Å².